The third kappa shape index (κ3) is 4.34. The number of benzene rings is 1. The van der Waals surface area contributed by atoms with Crippen molar-refractivity contribution in [1.82, 2.24) is 0 Å². The topological polar surface area (TPSA) is 71.3 Å². The highest BCUT2D eigenvalue weighted by Crippen LogP contribution is 2.32. The lowest BCUT2D eigenvalue weighted by molar-refractivity contribution is 0.0635. The van der Waals surface area contributed by atoms with Gasteiger partial charge in [-0.15, -0.1) is 0 Å². The van der Waals surface area contributed by atoms with Crippen molar-refractivity contribution >= 4 is 23.4 Å². The van der Waals surface area contributed by atoms with Crippen LogP contribution >= 0.6 is 11.6 Å². The molecule has 6 heteroatoms. The molecule has 0 fully saturated rings. The highest BCUT2D eigenvalue weighted by Gasteiger charge is 2.19. The Bertz CT molecular complexity index is 530. The molecular weight excluding hydrogens is 268 g/mol. The molecule has 0 aromatic heterocycles. The molecular formula is C13H15ClN2O3. The first-order valence-electron chi connectivity index (χ1n) is 5.54. The van der Waals surface area contributed by atoms with Crippen LogP contribution in [0.5, 0.6) is 5.75 Å². The van der Waals surface area contributed by atoms with Crippen molar-refractivity contribution in [2.75, 3.05) is 12.4 Å². The van der Waals surface area contributed by atoms with Crippen LogP contribution in [0.4, 0.5) is 10.5 Å². The Balaban J connectivity index is 3.07. The van der Waals surface area contributed by atoms with E-state index in [0.717, 1.165) is 0 Å². The van der Waals surface area contributed by atoms with Crippen LogP contribution in [0.15, 0.2) is 12.1 Å². The second kappa shape index (κ2) is 5.81. The van der Waals surface area contributed by atoms with Gasteiger partial charge >= 0.3 is 6.09 Å². The summed E-state index contributed by atoms with van der Waals surface area (Å²) < 4.78 is 10.2. The minimum absolute atomic E-state index is 0.204. The molecule has 1 aromatic rings. The van der Waals surface area contributed by atoms with Crippen molar-refractivity contribution in [2.24, 2.45) is 0 Å². The molecule has 0 aliphatic heterocycles. The summed E-state index contributed by atoms with van der Waals surface area (Å²) in [6, 6.07) is 4.89. The number of nitrogens with one attached hydrogen (secondary N) is 1. The van der Waals surface area contributed by atoms with Gasteiger partial charge in [0, 0.05) is 11.1 Å². The maximum Gasteiger partial charge on any atom is 0.412 e. The molecule has 0 heterocycles. The van der Waals surface area contributed by atoms with E-state index in [1.807, 2.05) is 6.07 Å². The van der Waals surface area contributed by atoms with Crippen LogP contribution in [0.25, 0.3) is 0 Å². The van der Waals surface area contributed by atoms with Crippen LogP contribution in [-0.4, -0.2) is 18.8 Å². The van der Waals surface area contributed by atoms with E-state index >= 15 is 0 Å². The summed E-state index contributed by atoms with van der Waals surface area (Å²) in [6.45, 7) is 5.24. The third-order valence-corrected chi connectivity index (χ3v) is 2.25. The smallest absolute Gasteiger partial charge is 0.412 e. The molecule has 102 valence electrons. The largest absolute Gasteiger partial charge is 0.494 e. The molecule has 0 radical (unpaired) electrons. The number of hydrogen-bond acceptors (Lipinski definition) is 4. The number of ether oxygens (including phenoxy) is 2. The molecule has 0 aliphatic carbocycles. The number of hydrogen-bond donors (Lipinski definition) is 1. The molecule has 0 unspecified atom stereocenters. The zero-order chi connectivity index (χ0) is 14.6. The predicted octanol–water partition coefficient (Wildman–Crippen LogP) is 3.57. The summed E-state index contributed by atoms with van der Waals surface area (Å²) >= 11 is 5.85. The molecule has 0 atom stereocenters. The van der Waals surface area contributed by atoms with Crippen molar-refractivity contribution in [1.29, 1.82) is 5.26 Å². The summed E-state index contributed by atoms with van der Waals surface area (Å²) in [5.74, 6) is 0.301. The van der Waals surface area contributed by atoms with Gasteiger partial charge in [0.05, 0.1) is 12.7 Å². The predicted molar refractivity (Wildman–Crippen MR) is 72.6 cm³/mol. The van der Waals surface area contributed by atoms with Gasteiger partial charge < -0.3 is 9.47 Å². The Hall–Kier alpha value is -1.93. The number of nitriles is 1. The Morgan fingerprint density at radius 1 is 1.42 bits per heavy atom. The maximum absolute atomic E-state index is 11.7. The van der Waals surface area contributed by atoms with Crippen molar-refractivity contribution in [3.8, 4) is 11.8 Å². The SMILES string of the molecule is COc1cc(Cl)cc(C#N)c1NC(=O)OC(C)(C)C. The van der Waals surface area contributed by atoms with Crippen molar-refractivity contribution < 1.29 is 14.3 Å². The Labute approximate surface area is 117 Å². The van der Waals surface area contributed by atoms with E-state index in [0.29, 0.717) is 10.8 Å². The zero-order valence-corrected chi connectivity index (χ0v) is 12.0. The van der Waals surface area contributed by atoms with Crippen LogP contribution in [0.1, 0.15) is 26.3 Å². The van der Waals surface area contributed by atoms with Crippen LogP contribution in [0.3, 0.4) is 0 Å². The van der Waals surface area contributed by atoms with Crippen LogP contribution in [0, 0.1) is 11.3 Å². The van der Waals surface area contributed by atoms with E-state index in [1.165, 1.54) is 19.2 Å². The minimum Gasteiger partial charge on any atom is -0.494 e. The van der Waals surface area contributed by atoms with E-state index in [-0.39, 0.29) is 11.3 Å². The Kier molecular flexibility index (Phi) is 4.62. The first kappa shape index (κ1) is 15.1. The molecule has 0 saturated carbocycles. The van der Waals surface area contributed by atoms with Crippen molar-refractivity contribution in [3.05, 3.63) is 22.7 Å². The van der Waals surface area contributed by atoms with Gasteiger partial charge in [-0.25, -0.2) is 4.79 Å². The van der Waals surface area contributed by atoms with E-state index in [1.54, 1.807) is 20.8 Å². The summed E-state index contributed by atoms with van der Waals surface area (Å²) in [4.78, 5) is 11.7. The molecule has 0 aliphatic rings. The molecule has 19 heavy (non-hydrogen) atoms. The fourth-order valence-electron chi connectivity index (χ4n) is 1.37. The summed E-state index contributed by atoms with van der Waals surface area (Å²) in [6.07, 6.45) is -0.662. The van der Waals surface area contributed by atoms with Gasteiger partial charge in [-0.3, -0.25) is 5.32 Å². The first-order chi connectivity index (χ1) is 8.76. The molecule has 1 aromatic carbocycles. The standard InChI is InChI=1S/C13H15ClN2O3/c1-13(2,3)19-12(17)16-11-8(7-15)5-9(14)6-10(11)18-4/h5-6H,1-4H3,(H,16,17). The lowest BCUT2D eigenvalue weighted by atomic mass is 10.1. The summed E-state index contributed by atoms with van der Waals surface area (Å²) in [7, 11) is 1.42. The van der Waals surface area contributed by atoms with E-state index in [2.05, 4.69) is 5.32 Å². The highest BCUT2D eigenvalue weighted by molar-refractivity contribution is 6.31. The number of methoxy groups -OCH3 is 1. The highest BCUT2D eigenvalue weighted by atomic mass is 35.5. The Morgan fingerprint density at radius 2 is 2.05 bits per heavy atom. The second-order valence-corrected chi connectivity index (χ2v) is 5.21. The van der Waals surface area contributed by atoms with Gasteiger partial charge in [-0.2, -0.15) is 5.26 Å². The number of anilines is 1. The lowest BCUT2D eigenvalue weighted by Gasteiger charge is -2.20. The fourth-order valence-corrected chi connectivity index (χ4v) is 1.57. The lowest BCUT2D eigenvalue weighted by Crippen LogP contribution is -2.27. The number of nitrogens with zero attached hydrogens (tertiary/aromatic N) is 1. The van der Waals surface area contributed by atoms with Gasteiger partial charge in [0.2, 0.25) is 0 Å². The van der Waals surface area contributed by atoms with Gasteiger partial charge in [0.25, 0.3) is 0 Å². The number of amides is 1. The van der Waals surface area contributed by atoms with Crippen LogP contribution in [0.2, 0.25) is 5.02 Å². The van der Waals surface area contributed by atoms with E-state index in [9.17, 15) is 4.79 Å². The van der Waals surface area contributed by atoms with E-state index in [4.69, 9.17) is 26.3 Å². The summed E-state index contributed by atoms with van der Waals surface area (Å²) in [5.41, 5.74) is -0.185. The molecule has 0 bridgehead atoms. The van der Waals surface area contributed by atoms with Crippen molar-refractivity contribution in [2.45, 2.75) is 26.4 Å². The number of rotatable bonds is 2. The minimum atomic E-state index is -0.662. The van der Waals surface area contributed by atoms with Gasteiger partial charge in [-0.1, -0.05) is 11.6 Å². The average molecular weight is 283 g/mol. The molecule has 1 rings (SSSR count). The first-order valence-corrected chi connectivity index (χ1v) is 5.92. The zero-order valence-electron chi connectivity index (χ0n) is 11.2. The maximum atomic E-state index is 11.7. The number of halogens is 1. The molecule has 0 saturated heterocycles. The monoisotopic (exact) mass is 282 g/mol. The molecule has 0 spiro atoms. The van der Waals surface area contributed by atoms with Crippen LogP contribution in [-0.2, 0) is 4.74 Å². The Morgan fingerprint density at radius 3 is 2.53 bits per heavy atom. The number of carbonyl (C=O) groups excluding carboxylic acids is 1. The normalized spacial score (nSPS) is 10.5. The molecule has 1 amide bonds. The van der Waals surface area contributed by atoms with Crippen molar-refractivity contribution in [3.63, 3.8) is 0 Å². The van der Waals surface area contributed by atoms with Gasteiger partial charge in [0.1, 0.15) is 23.1 Å². The van der Waals surface area contributed by atoms with Crippen LogP contribution < -0.4 is 10.1 Å². The third-order valence-electron chi connectivity index (χ3n) is 2.03. The second-order valence-electron chi connectivity index (χ2n) is 4.77. The molecule has 1 N–H and O–H groups in total. The average Bonchev–Trinajstić information content (AvgIpc) is 2.28. The van der Waals surface area contributed by atoms with E-state index < -0.39 is 11.7 Å². The number of carbonyl (C=O) groups is 1. The molecule has 5 nitrogen and oxygen atoms in total. The van der Waals surface area contributed by atoms with Gasteiger partial charge in [-0.05, 0) is 26.8 Å². The summed E-state index contributed by atoms with van der Waals surface area (Å²) in [5, 5.41) is 11.9. The van der Waals surface area contributed by atoms with Gasteiger partial charge in [0.15, 0.2) is 0 Å². The quantitative estimate of drug-likeness (QED) is 0.900. The fraction of sp³-hybridized carbons (Fsp3) is 0.385.